The number of aromatic nitrogens is 2. The van der Waals surface area contributed by atoms with Gasteiger partial charge in [0, 0.05) is 13.2 Å². The summed E-state index contributed by atoms with van der Waals surface area (Å²) < 4.78 is 6.65. The zero-order valence-corrected chi connectivity index (χ0v) is 17.7. The Morgan fingerprint density at radius 2 is 1.94 bits per heavy atom. The summed E-state index contributed by atoms with van der Waals surface area (Å²) in [7, 11) is 1.65. The molecule has 2 saturated carbocycles. The number of amides is 2. The molecule has 0 saturated heterocycles. The van der Waals surface area contributed by atoms with Crippen molar-refractivity contribution in [2.24, 2.45) is 30.7 Å². The van der Waals surface area contributed by atoms with Gasteiger partial charge in [-0.1, -0.05) is 11.1 Å². The van der Waals surface area contributed by atoms with Crippen molar-refractivity contribution in [3.05, 3.63) is 47.2 Å². The molecule has 164 valence electrons. The normalized spacial score (nSPS) is 24.3. The van der Waals surface area contributed by atoms with E-state index >= 15 is 0 Å². The number of hydrogen-bond acceptors (Lipinski definition) is 5. The van der Waals surface area contributed by atoms with Gasteiger partial charge in [0.2, 0.25) is 5.91 Å². The van der Waals surface area contributed by atoms with Gasteiger partial charge in [-0.15, -0.1) is 0 Å². The van der Waals surface area contributed by atoms with E-state index in [1.807, 2.05) is 13.8 Å². The molecule has 2 aliphatic carbocycles. The molecular formula is C22H26N4O5. The number of furan rings is 1. The first kappa shape index (κ1) is 20.9. The monoisotopic (exact) mass is 426 g/mol. The molecule has 0 radical (unpaired) electrons. The van der Waals surface area contributed by atoms with Gasteiger partial charge in [-0.05, 0) is 50.7 Å². The van der Waals surface area contributed by atoms with Crippen LogP contribution in [0.5, 0.6) is 0 Å². The topological polar surface area (TPSA) is 126 Å². The number of carbonyl (C=O) groups is 3. The Hall–Kier alpha value is -3.36. The third kappa shape index (κ3) is 3.75. The van der Waals surface area contributed by atoms with Crippen molar-refractivity contribution in [1.82, 2.24) is 15.1 Å². The lowest BCUT2D eigenvalue weighted by molar-refractivity contribution is -0.148. The zero-order chi connectivity index (χ0) is 22.3. The molecule has 2 aromatic heterocycles. The predicted octanol–water partition coefficient (Wildman–Crippen LogP) is 2.57. The standard InChI is InChI=1S/C22H26N4O5/c1-11(2)16-13-6-7-14(16)18(22(29)30)17(13)20(27)24-15-10-26(3)25-19(15)21(28)23-9-12-5-4-8-31-12/h4-5,8,10,13-14,17-18H,6-7,9H2,1-3H3,(H,23,28)(H,24,27)(H,29,30)/t13-,14+,17+,18+/m0/s1. The average molecular weight is 426 g/mol. The highest BCUT2D eigenvalue weighted by Crippen LogP contribution is 2.57. The van der Waals surface area contributed by atoms with Crippen LogP contribution in [0.1, 0.15) is 42.9 Å². The summed E-state index contributed by atoms with van der Waals surface area (Å²) in [5.41, 5.74) is 2.53. The van der Waals surface area contributed by atoms with Crippen LogP contribution in [-0.4, -0.2) is 32.7 Å². The predicted molar refractivity (Wildman–Crippen MR) is 111 cm³/mol. The number of nitrogens with one attached hydrogen (secondary N) is 2. The molecule has 4 atom stereocenters. The third-order valence-electron chi connectivity index (χ3n) is 6.31. The maximum absolute atomic E-state index is 13.2. The largest absolute Gasteiger partial charge is 0.481 e. The van der Waals surface area contributed by atoms with Gasteiger partial charge < -0.3 is 20.2 Å². The van der Waals surface area contributed by atoms with Crippen molar-refractivity contribution in [1.29, 1.82) is 0 Å². The minimum absolute atomic E-state index is 0.0693. The number of nitrogens with zero attached hydrogens (tertiary/aromatic N) is 2. The number of carboxylic acid groups (broad SMARTS) is 1. The minimum atomic E-state index is -0.950. The number of aliphatic carboxylic acids is 1. The van der Waals surface area contributed by atoms with Crippen molar-refractivity contribution < 1.29 is 23.9 Å². The minimum Gasteiger partial charge on any atom is -0.481 e. The molecule has 4 rings (SSSR count). The van der Waals surface area contributed by atoms with Gasteiger partial charge in [0.25, 0.3) is 5.91 Å². The summed E-state index contributed by atoms with van der Waals surface area (Å²) in [6.07, 6.45) is 4.66. The quantitative estimate of drug-likeness (QED) is 0.610. The van der Waals surface area contributed by atoms with E-state index in [0.29, 0.717) is 5.76 Å². The van der Waals surface area contributed by atoms with E-state index in [2.05, 4.69) is 15.7 Å². The lowest BCUT2D eigenvalue weighted by Crippen LogP contribution is -2.38. The first-order valence-electron chi connectivity index (χ1n) is 10.3. The molecule has 2 aromatic rings. The van der Waals surface area contributed by atoms with Crippen LogP contribution >= 0.6 is 0 Å². The van der Waals surface area contributed by atoms with Crippen LogP contribution < -0.4 is 10.6 Å². The molecular weight excluding hydrogens is 400 g/mol. The highest BCUT2D eigenvalue weighted by Gasteiger charge is 2.57. The van der Waals surface area contributed by atoms with E-state index in [4.69, 9.17) is 4.42 Å². The van der Waals surface area contributed by atoms with Crippen molar-refractivity contribution >= 4 is 23.5 Å². The van der Waals surface area contributed by atoms with Gasteiger partial charge >= 0.3 is 5.97 Å². The number of rotatable bonds is 6. The second-order valence-corrected chi connectivity index (χ2v) is 8.45. The molecule has 0 aliphatic heterocycles. The molecule has 2 heterocycles. The second-order valence-electron chi connectivity index (χ2n) is 8.45. The lowest BCUT2D eigenvalue weighted by atomic mass is 9.78. The SMILES string of the molecule is CC(C)=C1[C@H]2CC[C@@H]1[C@@H](C(=O)Nc1cn(C)nc1C(=O)NCc1ccco1)[C@@H]2C(=O)O. The Kier molecular flexibility index (Phi) is 5.43. The Balaban J connectivity index is 1.54. The van der Waals surface area contributed by atoms with Gasteiger partial charge in [-0.3, -0.25) is 19.1 Å². The maximum Gasteiger partial charge on any atom is 0.307 e. The van der Waals surface area contributed by atoms with E-state index in [1.165, 1.54) is 10.9 Å². The molecule has 2 bridgehead atoms. The van der Waals surface area contributed by atoms with E-state index in [9.17, 15) is 19.5 Å². The summed E-state index contributed by atoms with van der Waals surface area (Å²) in [6.45, 7) is 4.14. The van der Waals surface area contributed by atoms with Crippen LogP contribution in [0, 0.1) is 23.7 Å². The fourth-order valence-electron chi connectivity index (χ4n) is 5.23. The number of aryl methyl sites for hydroxylation is 1. The van der Waals surface area contributed by atoms with Crippen molar-refractivity contribution in [3.8, 4) is 0 Å². The van der Waals surface area contributed by atoms with Crippen LogP contribution in [0.4, 0.5) is 5.69 Å². The summed E-state index contributed by atoms with van der Waals surface area (Å²) in [5, 5.41) is 19.5. The molecule has 0 spiro atoms. The van der Waals surface area contributed by atoms with E-state index in [1.54, 1.807) is 25.4 Å². The van der Waals surface area contributed by atoms with Crippen molar-refractivity contribution in [3.63, 3.8) is 0 Å². The molecule has 31 heavy (non-hydrogen) atoms. The Labute approximate surface area is 179 Å². The molecule has 9 nitrogen and oxygen atoms in total. The van der Waals surface area contributed by atoms with E-state index in [0.717, 1.165) is 24.0 Å². The fourth-order valence-corrected chi connectivity index (χ4v) is 5.23. The second kappa shape index (κ2) is 8.05. The van der Waals surface area contributed by atoms with Crippen molar-refractivity contribution in [2.75, 3.05) is 5.32 Å². The van der Waals surface area contributed by atoms with Gasteiger partial charge in [-0.25, -0.2) is 0 Å². The van der Waals surface area contributed by atoms with Crippen molar-refractivity contribution in [2.45, 2.75) is 33.2 Å². The first-order chi connectivity index (χ1) is 14.8. The molecule has 2 fully saturated rings. The highest BCUT2D eigenvalue weighted by molar-refractivity contribution is 6.03. The number of carboxylic acids is 1. The molecule has 0 unspecified atom stereocenters. The smallest absolute Gasteiger partial charge is 0.307 e. The van der Waals surface area contributed by atoms with Gasteiger partial charge in [0.05, 0.1) is 30.3 Å². The Morgan fingerprint density at radius 3 is 2.55 bits per heavy atom. The van der Waals surface area contributed by atoms with Gasteiger partial charge in [0.15, 0.2) is 5.69 Å². The summed E-state index contributed by atoms with van der Waals surface area (Å²) in [4.78, 5) is 37.9. The average Bonchev–Trinajstić information content (AvgIpc) is 3.48. The first-order valence-corrected chi connectivity index (χ1v) is 10.3. The summed E-state index contributed by atoms with van der Waals surface area (Å²) in [5.74, 6) is -2.80. The molecule has 9 heteroatoms. The Bertz CT molecular complexity index is 1050. The fraction of sp³-hybridized carbons (Fsp3) is 0.455. The van der Waals surface area contributed by atoms with Crippen LogP contribution in [0.15, 0.2) is 40.2 Å². The van der Waals surface area contributed by atoms with E-state index in [-0.39, 0.29) is 35.7 Å². The van der Waals surface area contributed by atoms with Crippen LogP contribution in [0.25, 0.3) is 0 Å². The molecule has 2 aliphatic rings. The molecule has 2 amide bonds. The van der Waals surface area contributed by atoms with Crippen LogP contribution in [0.3, 0.4) is 0 Å². The number of hydrogen-bond donors (Lipinski definition) is 3. The van der Waals surface area contributed by atoms with Gasteiger partial charge in [0.1, 0.15) is 5.76 Å². The van der Waals surface area contributed by atoms with Gasteiger partial charge in [-0.2, -0.15) is 5.10 Å². The van der Waals surface area contributed by atoms with E-state index < -0.39 is 23.7 Å². The number of anilines is 1. The zero-order valence-electron chi connectivity index (χ0n) is 17.7. The number of fused-ring (bicyclic) bond motifs is 2. The van der Waals surface area contributed by atoms with Crippen LogP contribution in [0.2, 0.25) is 0 Å². The summed E-state index contributed by atoms with van der Waals surface area (Å²) >= 11 is 0. The number of carbonyl (C=O) groups excluding carboxylic acids is 2. The number of allylic oxidation sites excluding steroid dienone is 2. The third-order valence-corrected chi connectivity index (χ3v) is 6.31. The Morgan fingerprint density at radius 1 is 1.23 bits per heavy atom. The highest BCUT2D eigenvalue weighted by atomic mass is 16.4. The summed E-state index contributed by atoms with van der Waals surface area (Å²) in [6, 6.07) is 3.46. The lowest BCUT2D eigenvalue weighted by Gasteiger charge is -2.26. The molecule has 0 aromatic carbocycles. The van der Waals surface area contributed by atoms with Crippen LogP contribution in [-0.2, 0) is 23.2 Å². The molecule has 3 N–H and O–H groups in total. The maximum atomic E-state index is 13.2.